The molecule has 0 radical (unpaired) electrons. The van der Waals surface area contributed by atoms with Crippen molar-refractivity contribution in [2.24, 2.45) is 0 Å². The number of nitrogens with zero attached hydrogens (tertiary/aromatic N) is 2. The number of carboxylic acids is 1. The van der Waals surface area contributed by atoms with E-state index in [4.69, 9.17) is 10.8 Å². The first kappa shape index (κ1) is 18.2. The fourth-order valence-electron chi connectivity index (χ4n) is 2.17. The molecule has 3 aromatic rings. The SMILES string of the molecule is Cl.Nc1nc(Nc2ccc(C(=O)O)cc2)ncc1-c1ccccc1F. The maximum absolute atomic E-state index is 13.8. The predicted octanol–water partition coefficient (Wildman–Crippen LogP) is 3.73. The van der Waals surface area contributed by atoms with E-state index < -0.39 is 11.8 Å². The van der Waals surface area contributed by atoms with Crippen LogP contribution in [0, 0.1) is 5.82 Å². The fourth-order valence-corrected chi connectivity index (χ4v) is 2.17. The summed E-state index contributed by atoms with van der Waals surface area (Å²) in [5.74, 6) is -1.04. The van der Waals surface area contributed by atoms with E-state index in [-0.39, 0.29) is 29.7 Å². The van der Waals surface area contributed by atoms with Crippen molar-refractivity contribution in [3.05, 3.63) is 66.1 Å². The van der Waals surface area contributed by atoms with Gasteiger partial charge in [0.1, 0.15) is 11.6 Å². The molecule has 0 aliphatic rings. The molecule has 0 aliphatic carbocycles. The number of nitrogens with two attached hydrogens (primary N) is 1. The lowest BCUT2D eigenvalue weighted by atomic mass is 10.1. The maximum Gasteiger partial charge on any atom is 0.335 e. The van der Waals surface area contributed by atoms with Crippen LogP contribution in [0.1, 0.15) is 10.4 Å². The fraction of sp³-hybridized carbons (Fsp3) is 0. The van der Waals surface area contributed by atoms with Crippen LogP contribution in [0.3, 0.4) is 0 Å². The largest absolute Gasteiger partial charge is 0.478 e. The summed E-state index contributed by atoms with van der Waals surface area (Å²) in [6, 6.07) is 12.3. The summed E-state index contributed by atoms with van der Waals surface area (Å²) in [5, 5.41) is 11.8. The van der Waals surface area contributed by atoms with Crippen LogP contribution >= 0.6 is 12.4 Å². The number of anilines is 3. The van der Waals surface area contributed by atoms with Crippen LogP contribution < -0.4 is 11.1 Å². The Labute approximate surface area is 149 Å². The number of rotatable bonds is 4. The Hall–Kier alpha value is -3.19. The van der Waals surface area contributed by atoms with E-state index in [2.05, 4.69) is 15.3 Å². The Kier molecular flexibility index (Phi) is 5.51. The molecule has 1 aromatic heterocycles. The molecule has 1 heterocycles. The normalized spacial score (nSPS) is 9.96. The molecule has 0 aliphatic heterocycles. The Morgan fingerprint density at radius 3 is 2.36 bits per heavy atom. The summed E-state index contributed by atoms with van der Waals surface area (Å²) in [7, 11) is 0. The molecule has 128 valence electrons. The molecule has 0 saturated carbocycles. The van der Waals surface area contributed by atoms with Gasteiger partial charge in [-0.15, -0.1) is 12.4 Å². The highest BCUT2D eigenvalue weighted by molar-refractivity contribution is 5.88. The van der Waals surface area contributed by atoms with E-state index in [1.807, 2.05) is 0 Å². The van der Waals surface area contributed by atoms with Crippen molar-refractivity contribution in [2.75, 3.05) is 11.1 Å². The number of halogens is 2. The number of aromatic carboxylic acids is 1. The van der Waals surface area contributed by atoms with E-state index in [9.17, 15) is 9.18 Å². The van der Waals surface area contributed by atoms with Crippen molar-refractivity contribution < 1.29 is 14.3 Å². The molecule has 0 saturated heterocycles. The third kappa shape index (κ3) is 4.02. The Morgan fingerprint density at radius 1 is 1.08 bits per heavy atom. The van der Waals surface area contributed by atoms with Crippen LogP contribution in [0.15, 0.2) is 54.7 Å². The second kappa shape index (κ2) is 7.59. The van der Waals surface area contributed by atoms with Crippen molar-refractivity contribution in [3.63, 3.8) is 0 Å². The van der Waals surface area contributed by atoms with Gasteiger partial charge in [0.05, 0.1) is 5.56 Å². The van der Waals surface area contributed by atoms with Gasteiger partial charge >= 0.3 is 5.97 Å². The third-order valence-corrected chi connectivity index (χ3v) is 3.37. The van der Waals surface area contributed by atoms with Gasteiger partial charge in [0, 0.05) is 23.0 Å². The zero-order valence-electron chi connectivity index (χ0n) is 12.8. The van der Waals surface area contributed by atoms with Gasteiger partial charge in [0.25, 0.3) is 0 Å². The molecule has 8 heteroatoms. The highest BCUT2D eigenvalue weighted by Crippen LogP contribution is 2.27. The topological polar surface area (TPSA) is 101 Å². The Bertz CT molecular complexity index is 903. The van der Waals surface area contributed by atoms with Gasteiger partial charge in [-0.05, 0) is 30.3 Å². The summed E-state index contributed by atoms with van der Waals surface area (Å²) in [5.41, 5.74) is 7.42. The zero-order chi connectivity index (χ0) is 17.1. The summed E-state index contributed by atoms with van der Waals surface area (Å²) >= 11 is 0. The number of benzene rings is 2. The van der Waals surface area contributed by atoms with Crippen LogP contribution in [0.5, 0.6) is 0 Å². The van der Waals surface area contributed by atoms with Crippen LogP contribution in [0.25, 0.3) is 11.1 Å². The zero-order valence-corrected chi connectivity index (χ0v) is 13.6. The minimum atomic E-state index is -1.00. The van der Waals surface area contributed by atoms with E-state index >= 15 is 0 Å². The number of carboxylic acid groups (broad SMARTS) is 1. The van der Waals surface area contributed by atoms with E-state index in [1.54, 1.807) is 30.3 Å². The molecular formula is C17H14ClFN4O2. The van der Waals surface area contributed by atoms with Gasteiger partial charge in [0.15, 0.2) is 0 Å². The third-order valence-electron chi connectivity index (χ3n) is 3.37. The summed E-state index contributed by atoms with van der Waals surface area (Å²) in [6.07, 6.45) is 1.44. The molecule has 4 N–H and O–H groups in total. The lowest BCUT2D eigenvalue weighted by Crippen LogP contribution is -2.03. The van der Waals surface area contributed by atoms with Crippen LogP contribution in [0.4, 0.5) is 21.8 Å². The molecule has 0 unspecified atom stereocenters. The van der Waals surface area contributed by atoms with Crippen molar-refractivity contribution in [1.29, 1.82) is 0 Å². The van der Waals surface area contributed by atoms with E-state index in [0.29, 0.717) is 16.8 Å². The van der Waals surface area contributed by atoms with E-state index in [0.717, 1.165) is 0 Å². The predicted molar refractivity (Wildman–Crippen MR) is 95.8 cm³/mol. The Balaban J connectivity index is 0.00000225. The highest BCUT2D eigenvalue weighted by atomic mass is 35.5. The Morgan fingerprint density at radius 2 is 1.76 bits per heavy atom. The van der Waals surface area contributed by atoms with Crippen molar-refractivity contribution >= 4 is 35.8 Å². The standard InChI is InChI=1S/C17H13FN4O2.ClH/c18-14-4-2-1-3-12(14)13-9-20-17(22-15(13)19)21-11-7-5-10(6-8-11)16(23)24;/h1-9H,(H,23,24)(H3,19,20,21,22);1H. The number of nitrogens with one attached hydrogen (secondary N) is 1. The van der Waals surface area contributed by atoms with Crippen LogP contribution in [0.2, 0.25) is 0 Å². The van der Waals surface area contributed by atoms with Gasteiger partial charge in [0.2, 0.25) is 5.95 Å². The molecule has 0 atom stereocenters. The minimum Gasteiger partial charge on any atom is -0.478 e. The van der Waals surface area contributed by atoms with Gasteiger partial charge < -0.3 is 16.2 Å². The lowest BCUT2D eigenvalue weighted by Gasteiger charge is -2.09. The van der Waals surface area contributed by atoms with Crippen LogP contribution in [-0.4, -0.2) is 21.0 Å². The van der Waals surface area contributed by atoms with Crippen molar-refractivity contribution in [2.45, 2.75) is 0 Å². The van der Waals surface area contributed by atoms with Crippen molar-refractivity contribution in [1.82, 2.24) is 9.97 Å². The molecule has 2 aromatic carbocycles. The molecule has 0 spiro atoms. The van der Waals surface area contributed by atoms with E-state index in [1.165, 1.54) is 24.4 Å². The van der Waals surface area contributed by atoms with Gasteiger partial charge in [-0.1, -0.05) is 18.2 Å². The van der Waals surface area contributed by atoms with Gasteiger partial charge in [-0.3, -0.25) is 0 Å². The average molecular weight is 361 g/mol. The first-order valence-corrected chi connectivity index (χ1v) is 7.02. The quantitative estimate of drug-likeness (QED) is 0.655. The summed E-state index contributed by atoms with van der Waals surface area (Å²) < 4.78 is 13.8. The maximum atomic E-state index is 13.8. The monoisotopic (exact) mass is 360 g/mol. The number of carbonyl (C=O) groups is 1. The highest BCUT2D eigenvalue weighted by Gasteiger charge is 2.11. The average Bonchev–Trinajstić information content (AvgIpc) is 2.56. The first-order chi connectivity index (χ1) is 11.5. The lowest BCUT2D eigenvalue weighted by molar-refractivity contribution is 0.0697. The number of hydrogen-bond donors (Lipinski definition) is 3. The molecule has 6 nitrogen and oxygen atoms in total. The van der Waals surface area contributed by atoms with Crippen LogP contribution in [-0.2, 0) is 0 Å². The molecular weight excluding hydrogens is 347 g/mol. The molecule has 0 bridgehead atoms. The number of hydrogen-bond acceptors (Lipinski definition) is 5. The number of nitrogen functional groups attached to an aromatic ring is 1. The smallest absolute Gasteiger partial charge is 0.335 e. The molecule has 3 rings (SSSR count). The summed E-state index contributed by atoms with van der Waals surface area (Å²) in [6.45, 7) is 0. The van der Waals surface area contributed by atoms with Gasteiger partial charge in [-0.2, -0.15) is 4.98 Å². The second-order valence-electron chi connectivity index (χ2n) is 4.98. The number of aromatic nitrogens is 2. The molecule has 25 heavy (non-hydrogen) atoms. The second-order valence-corrected chi connectivity index (χ2v) is 4.98. The van der Waals surface area contributed by atoms with Crippen molar-refractivity contribution in [3.8, 4) is 11.1 Å². The summed E-state index contributed by atoms with van der Waals surface area (Å²) in [4.78, 5) is 19.1. The molecule has 0 amide bonds. The molecule has 0 fully saturated rings. The minimum absolute atomic E-state index is 0. The first-order valence-electron chi connectivity index (χ1n) is 7.02. The van der Waals surface area contributed by atoms with Gasteiger partial charge in [-0.25, -0.2) is 14.2 Å².